The summed E-state index contributed by atoms with van der Waals surface area (Å²) in [5.74, 6) is 0.243. The molecular formula is C21H27N3O2. The third-order valence-corrected chi connectivity index (χ3v) is 5.52. The lowest BCUT2D eigenvalue weighted by Crippen LogP contribution is -2.47. The molecule has 5 heteroatoms. The second kappa shape index (κ2) is 6.63. The first-order valence-electron chi connectivity index (χ1n) is 9.08. The molecule has 2 heterocycles. The molecule has 0 bridgehead atoms. The van der Waals surface area contributed by atoms with E-state index in [1.807, 2.05) is 30.2 Å². The second-order valence-electron chi connectivity index (χ2n) is 7.54. The van der Waals surface area contributed by atoms with Crippen LogP contribution in [0.5, 0.6) is 0 Å². The van der Waals surface area contributed by atoms with Crippen molar-refractivity contribution in [2.75, 3.05) is 0 Å². The van der Waals surface area contributed by atoms with Gasteiger partial charge in [-0.2, -0.15) is 0 Å². The molecule has 2 aliphatic rings. The van der Waals surface area contributed by atoms with Gasteiger partial charge in [-0.05, 0) is 55.5 Å². The van der Waals surface area contributed by atoms with Crippen LogP contribution in [-0.4, -0.2) is 33.4 Å². The second-order valence-corrected chi connectivity index (χ2v) is 7.54. The number of nitrogens with one attached hydrogen (secondary N) is 1. The zero-order valence-corrected chi connectivity index (χ0v) is 16.1. The van der Waals surface area contributed by atoms with Gasteiger partial charge in [0, 0.05) is 12.7 Å². The molecule has 0 aromatic heterocycles. The number of carboxylic acids is 1. The highest BCUT2D eigenvalue weighted by molar-refractivity contribution is 6.04. The summed E-state index contributed by atoms with van der Waals surface area (Å²) in [5, 5.41) is 13.1. The van der Waals surface area contributed by atoms with Crippen molar-refractivity contribution < 1.29 is 9.90 Å². The quantitative estimate of drug-likeness (QED) is 0.849. The van der Waals surface area contributed by atoms with Crippen LogP contribution in [0.3, 0.4) is 0 Å². The highest BCUT2D eigenvalue weighted by atomic mass is 16.4. The molecule has 0 aliphatic carbocycles. The Bertz CT molecular complexity index is 823. The average Bonchev–Trinajstić information content (AvgIpc) is 2.86. The van der Waals surface area contributed by atoms with Gasteiger partial charge in [-0.25, -0.2) is 9.79 Å². The minimum absolute atomic E-state index is 0.235. The van der Waals surface area contributed by atoms with Crippen molar-refractivity contribution in [2.45, 2.75) is 58.7 Å². The predicted octanol–water partition coefficient (Wildman–Crippen LogP) is 3.57. The number of aliphatic carboxylic acids is 1. The number of hydrogen-bond acceptors (Lipinski definition) is 4. The van der Waals surface area contributed by atoms with Gasteiger partial charge in [0.15, 0.2) is 11.4 Å². The van der Waals surface area contributed by atoms with E-state index < -0.39 is 11.5 Å². The Balaban J connectivity index is 1.87. The molecule has 0 radical (unpaired) electrons. The molecule has 5 nitrogen and oxygen atoms in total. The van der Waals surface area contributed by atoms with Crippen LogP contribution in [0.15, 0.2) is 47.2 Å². The molecule has 0 saturated heterocycles. The third-order valence-electron chi connectivity index (χ3n) is 5.52. The number of fused-ring (bicyclic) bond motifs is 1. The van der Waals surface area contributed by atoms with Gasteiger partial charge in [-0.15, -0.1) is 0 Å². The van der Waals surface area contributed by atoms with E-state index in [1.54, 1.807) is 6.92 Å². The van der Waals surface area contributed by atoms with E-state index in [2.05, 4.69) is 49.3 Å². The predicted molar refractivity (Wildman–Crippen MR) is 104 cm³/mol. The first kappa shape index (κ1) is 18.2. The molecule has 2 unspecified atom stereocenters. The molecule has 0 saturated carbocycles. The maximum Gasteiger partial charge on any atom is 0.333 e. The number of rotatable bonds is 5. The van der Waals surface area contributed by atoms with Crippen LogP contribution in [0, 0.1) is 6.92 Å². The monoisotopic (exact) mass is 353 g/mol. The van der Waals surface area contributed by atoms with Gasteiger partial charge in [0.1, 0.15) is 0 Å². The summed E-state index contributed by atoms with van der Waals surface area (Å²) in [4.78, 5) is 18.2. The Hall–Kier alpha value is -2.56. The molecule has 3 rings (SSSR count). The summed E-state index contributed by atoms with van der Waals surface area (Å²) in [6.45, 7) is 10.8. The highest BCUT2D eigenvalue weighted by Crippen LogP contribution is 2.32. The van der Waals surface area contributed by atoms with E-state index in [4.69, 9.17) is 0 Å². The number of aryl methyl sites for hydroxylation is 1. The number of allylic oxidation sites excluding steroid dienone is 2. The van der Waals surface area contributed by atoms with Crippen molar-refractivity contribution in [1.82, 2.24) is 10.2 Å². The molecule has 138 valence electrons. The van der Waals surface area contributed by atoms with Crippen LogP contribution in [0.25, 0.3) is 0 Å². The lowest BCUT2D eigenvalue weighted by atomic mass is 9.93. The molecule has 2 atom stereocenters. The van der Waals surface area contributed by atoms with E-state index in [0.717, 1.165) is 5.70 Å². The zero-order chi connectivity index (χ0) is 19.1. The SMILES string of the molecule is Cc1cccc(C(C)C)c1CNC1=CC=CN2C1=NC(C)(C(=O)O)C2C. The summed E-state index contributed by atoms with van der Waals surface area (Å²) in [6, 6.07) is 6.16. The van der Waals surface area contributed by atoms with Gasteiger partial charge < -0.3 is 15.3 Å². The number of hydrogen-bond donors (Lipinski definition) is 2. The van der Waals surface area contributed by atoms with Gasteiger partial charge in [-0.1, -0.05) is 32.0 Å². The maximum absolute atomic E-state index is 11.7. The zero-order valence-electron chi connectivity index (χ0n) is 16.1. The topological polar surface area (TPSA) is 64.9 Å². The fourth-order valence-corrected chi connectivity index (χ4v) is 3.59. The summed E-state index contributed by atoms with van der Waals surface area (Å²) in [5.41, 5.74) is 3.60. The number of carboxylic acid groups (broad SMARTS) is 1. The number of benzene rings is 1. The molecule has 26 heavy (non-hydrogen) atoms. The van der Waals surface area contributed by atoms with Crippen molar-refractivity contribution >= 4 is 11.8 Å². The van der Waals surface area contributed by atoms with Crippen LogP contribution in [0.1, 0.15) is 50.3 Å². The van der Waals surface area contributed by atoms with Gasteiger partial charge in [0.25, 0.3) is 0 Å². The van der Waals surface area contributed by atoms with Crippen LogP contribution >= 0.6 is 0 Å². The van der Waals surface area contributed by atoms with Gasteiger partial charge in [0.05, 0.1) is 11.7 Å². The van der Waals surface area contributed by atoms with Gasteiger partial charge in [-0.3, -0.25) is 0 Å². The average molecular weight is 353 g/mol. The van der Waals surface area contributed by atoms with E-state index in [0.29, 0.717) is 18.3 Å². The minimum Gasteiger partial charge on any atom is -0.479 e. The van der Waals surface area contributed by atoms with Crippen LogP contribution in [-0.2, 0) is 11.3 Å². The largest absolute Gasteiger partial charge is 0.479 e. The van der Waals surface area contributed by atoms with Crippen LogP contribution in [0.2, 0.25) is 0 Å². The number of amidine groups is 1. The molecule has 1 aromatic rings. The molecule has 1 aromatic carbocycles. The molecular weight excluding hydrogens is 326 g/mol. The van der Waals surface area contributed by atoms with Crippen molar-refractivity contribution in [3.05, 3.63) is 58.9 Å². The van der Waals surface area contributed by atoms with Crippen molar-refractivity contribution in [3.8, 4) is 0 Å². The molecule has 0 amide bonds. The number of aliphatic imine (C=N–C) groups is 1. The Labute approximate surface area is 155 Å². The Morgan fingerprint density at radius 3 is 2.81 bits per heavy atom. The third kappa shape index (κ3) is 2.91. The lowest BCUT2D eigenvalue weighted by molar-refractivity contribution is -0.143. The van der Waals surface area contributed by atoms with E-state index in [1.165, 1.54) is 16.7 Å². The number of nitrogens with zero attached hydrogens (tertiary/aromatic N) is 2. The van der Waals surface area contributed by atoms with E-state index in [-0.39, 0.29) is 6.04 Å². The van der Waals surface area contributed by atoms with Crippen LogP contribution in [0.4, 0.5) is 0 Å². The molecule has 2 aliphatic heterocycles. The van der Waals surface area contributed by atoms with Crippen molar-refractivity contribution in [3.63, 3.8) is 0 Å². The Morgan fingerprint density at radius 2 is 2.15 bits per heavy atom. The Kier molecular flexibility index (Phi) is 4.65. The number of carbonyl (C=O) groups is 1. The van der Waals surface area contributed by atoms with E-state index in [9.17, 15) is 9.90 Å². The summed E-state index contributed by atoms with van der Waals surface area (Å²) < 4.78 is 0. The normalized spacial score (nSPS) is 24.4. The van der Waals surface area contributed by atoms with Gasteiger partial charge in [0.2, 0.25) is 0 Å². The maximum atomic E-state index is 11.7. The fraction of sp³-hybridized carbons (Fsp3) is 0.429. The summed E-state index contributed by atoms with van der Waals surface area (Å²) in [7, 11) is 0. The van der Waals surface area contributed by atoms with Crippen LogP contribution < -0.4 is 5.32 Å². The summed E-state index contributed by atoms with van der Waals surface area (Å²) >= 11 is 0. The Morgan fingerprint density at radius 1 is 1.42 bits per heavy atom. The summed E-state index contributed by atoms with van der Waals surface area (Å²) in [6.07, 6.45) is 5.80. The van der Waals surface area contributed by atoms with Gasteiger partial charge >= 0.3 is 5.97 Å². The molecule has 0 spiro atoms. The fourth-order valence-electron chi connectivity index (χ4n) is 3.59. The first-order chi connectivity index (χ1) is 12.3. The van der Waals surface area contributed by atoms with Crippen molar-refractivity contribution in [1.29, 1.82) is 0 Å². The lowest BCUT2D eigenvalue weighted by Gasteiger charge is -2.29. The molecule has 0 fully saturated rings. The standard InChI is InChI=1S/C21H27N3O2/c1-13(2)16-9-6-8-14(3)17(16)12-22-18-10-7-11-24-15(4)21(5,20(25)26)23-19(18)24/h6-11,13,15,22H,12H2,1-5H3,(H,25,26). The minimum atomic E-state index is -1.14. The smallest absolute Gasteiger partial charge is 0.333 e. The molecule has 2 N–H and O–H groups in total. The van der Waals surface area contributed by atoms with Crippen molar-refractivity contribution in [2.24, 2.45) is 4.99 Å². The first-order valence-corrected chi connectivity index (χ1v) is 9.08. The highest BCUT2D eigenvalue weighted by Gasteiger charge is 2.49. The van der Waals surface area contributed by atoms with E-state index >= 15 is 0 Å².